The molecule has 1 saturated heterocycles. The van der Waals surface area contributed by atoms with Gasteiger partial charge < -0.3 is 4.90 Å². The molecule has 1 atom stereocenters. The number of amides is 1. The molecule has 1 fully saturated rings. The second-order valence-electron chi connectivity index (χ2n) is 3.08. The van der Waals surface area contributed by atoms with Gasteiger partial charge in [0.1, 0.15) is 6.10 Å². The zero-order valence-corrected chi connectivity index (χ0v) is 6.88. The molecule has 0 N–H and O–H groups in total. The molecule has 0 spiro atoms. The molecule has 0 aliphatic carbocycles. The van der Waals surface area contributed by atoms with E-state index in [0.29, 0.717) is 6.54 Å². The first-order chi connectivity index (χ1) is 5.20. The third-order valence-electron chi connectivity index (χ3n) is 2.07. The lowest BCUT2D eigenvalue weighted by atomic mass is 10.2. The molecule has 3 nitrogen and oxygen atoms in total. The lowest BCUT2D eigenvalue weighted by Crippen LogP contribution is -2.34. The van der Waals surface area contributed by atoms with Gasteiger partial charge in [-0.1, -0.05) is 0 Å². The standard InChI is InChI=1S/C8H14NO2/c1-7(10)9-5-3-2-4-8(11)6-9/h8H,2-6H2,1H3. The predicted octanol–water partition coefficient (Wildman–Crippen LogP) is 0.818. The summed E-state index contributed by atoms with van der Waals surface area (Å²) in [5, 5.41) is 11.1. The van der Waals surface area contributed by atoms with Crippen LogP contribution in [0.25, 0.3) is 0 Å². The zero-order valence-electron chi connectivity index (χ0n) is 6.88. The quantitative estimate of drug-likeness (QED) is 0.511. The number of hydrogen-bond donors (Lipinski definition) is 0. The number of carbonyl (C=O) groups is 1. The van der Waals surface area contributed by atoms with E-state index in [9.17, 15) is 9.90 Å². The number of likely N-dealkylation sites (tertiary alicyclic amines) is 1. The molecular formula is C8H14NO2. The van der Waals surface area contributed by atoms with E-state index >= 15 is 0 Å². The van der Waals surface area contributed by atoms with E-state index in [-0.39, 0.29) is 5.91 Å². The van der Waals surface area contributed by atoms with Crippen LogP contribution in [0.5, 0.6) is 0 Å². The van der Waals surface area contributed by atoms with Gasteiger partial charge in [-0.2, -0.15) is 0 Å². The Balaban J connectivity index is 2.45. The van der Waals surface area contributed by atoms with E-state index in [1.807, 2.05) is 0 Å². The first-order valence-electron chi connectivity index (χ1n) is 4.11. The summed E-state index contributed by atoms with van der Waals surface area (Å²) in [6, 6.07) is 0. The summed E-state index contributed by atoms with van der Waals surface area (Å²) in [5.74, 6) is 0.0350. The average molecular weight is 156 g/mol. The summed E-state index contributed by atoms with van der Waals surface area (Å²) in [6.07, 6.45) is 2.13. The van der Waals surface area contributed by atoms with E-state index in [4.69, 9.17) is 0 Å². The first kappa shape index (κ1) is 8.53. The third-order valence-corrected chi connectivity index (χ3v) is 2.07. The Bertz CT molecular complexity index is 147. The molecule has 11 heavy (non-hydrogen) atoms. The molecule has 1 unspecified atom stereocenters. The molecule has 0 aromatic heterocycles. The molecule has 1 aliphatic rings. The number of rotatable bonds is 0. The van der Waals surface area contributed by atoms with Gasteiger partial charge in [0.05, 0.1) is 0 Å². The molecule has 0 bridgehead atoms. The van der Waals surface area contributed by atoms with Crippen molar-refractivity contribution in [2.75, 3.05) is 13.1 Å². The third kappa shape index (κ3) is 2.50. The number of hydrogen-bond acceptors (Lipinski definition) is 1. The topological polar surface area (TPSA) is 40.2 Å². The van der Waals surface area contributed by atoms with Crippen molar-refractivity contribution >= 4 is 5.91 Å². The zero-order chi connectivity index (χ0) is 8.27. The van der Waals surface area contributed by atoms with Gasteiger partial charge in [0.2, 0.25) is 5.91 Å². The van der Waals surface area contributed by atoms with E-state index in [2.05, 4.69) is 0 Å². The van der Waals surface area contributed by atoms with E-state index < -0.39 is 6.10 Å². The summed E-state index contributed by atoms with van der Waals surface area (Å²) in [7, 11) is 0. The Kier molecular flexibility index (Phi) is 2.88. The molecule has 63 valence electrons. The van der Waals surface area contributed by atoms with Crippen molar-refractivity contribution < 1.29 is 9.90 Å². The summed E-state index contributed by atoms with van der Waals surface area (Å²) in [4.78, 5) is 12.5. The van der Waals surface area contributed by atoms with E-state index in [0.717, 1.165) is 25.8 Å². The monoisotopic (exact) mass is 156 g/mol. The van der Waals surface area contributed by atoms with Crippen LogP contribution in [-0.2, 0) is 9.90 Å². The molecule has 1 rings (SSSR count). The second-order valence-corrected chi connectivity index (χ2v) is 3.08. The van der Waals surface area contributed by atoms with Crippen LogP contribution < -0.4 is 0 Å². The molecule has 0 aromatic rings. The lowest BCUT2D eigenvalue weighted by Gasteiger charge is -2.18. The molecule has 0 saturated carbocycles. The van der Waals surface area contributed by atoms with Gasteiger partial charge >= 0.3 is 0 Å². The highest BCUT2D eigenvalue weighted by molar-refractivity contribution is 5.73. The smallest absolute Gasteiger partial charge is 0.219 e. The Hall–Kier alpha value is -0.570. The predicted molar refractivity (Wildman–Crippen MR) is 40.6 cm³/mol. The summed E-state index contributed by atoms with van der Waals surface area (Å²) in [5.41, 5.74) is 0. The first-order valence-corrected chi connectivity index (χ1v) is 4.11. The lowest BCUT2D eigenvalue weighted by molar-refractivity contribution is -0.130. The molecule has 1 aliphatic heterocycles. The molecule has 1 radical (unpaired) electrons. The largest absolute Gasteiger partial charge is 0.340 e. The van der Waals surface area contributed by atoms with Crippen LogP contribution in [0.3, 0.4) is 0 Å². The van der Waals surface area contributed by atoms with Crippen molar-refractivity contribution in [1.82, 2.24) is 4.90 Å². The van der Waals surface area contributed by atoms with Crippen LogP contribution in [0.15, 0.2) is 0 Å². The Morgan fingerprint density at radius 1 is 1.45 bits per heavy atom. The van der Waals surface area contributed by atoms with Gasteiger partial charge in [-0.25, -0.2) is 5.11 Å². The van der Waals surface area contributed by atoms with Crippen molar-refractivity contribution in [3.05, 3.63) is 0 Å². The van der Waals surface area contributed by atoms with Crippen LogP contribution in [0, 0.1) is 0 Å². The molecule has 1 heterocycles. The Morgan fingerprint density at radius 3 is 2.82 bits per heavy atom. The SMILES string of the molecule is CC(=O)N1CCCCC([O])C1. The van der Waals surface area contributed by atoms with Gasteiger partial charge in [-0.3, -0.25) is 4.79 Å². The fourth-order valence-corrected chi connectivity index (χ4v) is 1.39. The summed E-state index contributed by atoms with van der Waals surface area (Å²) >= 11 is 0. The minimum absolute atomic E-state index is 0.0350. The minimum atomic E-state index is -0.554. The van der Waals surface area contributed by atoms with Crippen molar-refractivity contribution in [2.24, 2.45) is 0 Å². The fraction of sp³-hybridized carbons (Fsp3) is 0.875. The average Bonchev–Trinajstić information content (AvgIpc) is 2.13. The highest BCUT2D eigenvalue weighted by Crippen LogP contribution is 2.10. The molecule has 0 aromatic carbocycles. The van der Waals surface area contributed by atoms with Crippen molar-refractivity contribution in [2.45, 2.75) is 32.3 Å². The van der Waals surface area contributed by atoms with Crippen LogP contribution in [0.2, 0.25) is 0 Å². The molecule has 3 heteroatoms. The highest BCUT2D eigenvalue weighted by atomic mass is 16.3. The Labute approximate surface area is 67.0 Å². The van der Waals surface area contributed by atoms with Crippen LogP contribution in [-0.4, -0.2) is 30.0 Å². The number of carbonyl (C=O) groups excluding carboxylic acids is 1. The van der Waals surface area contributed by atoms with Crippen molar-refractivity contribution in [1.29, 1.82) is 0 Å². The fourth-order valence-electron chi connectivity index (χ4n) is 1.39. The van der Waals surface area contributed by atoms with Gasteiger partial charge in [-0.15, -0.1) is 0 Å². The highest BCUT2D eigenvalue weighted by Gasteiger charge is 2.18. The number of nitrogens with zero attached hydrogens (tertiary/aromatic N) is 1. The maximum Gasteiger partial charge on any atom is 0.219 e. The maximum atomic E-state index is 11.1. The van der Waals surface area contributed by atoms with Crippen molar-refractivity contribution in [3.8, 4) is 0 Å². The van der Waals surface area contributed by atoms with E-state index in [1.54, 1.807) is 4.90 Å². The van der Waals surface area contributed by atoms with Gasteiger partial charge in [0.25, 0.3) is 0 Å². The van der Waals surface area contributed by atoms with Crippen LogP contribution >= 0.6 is 0 Å². The summed E-state index contributed by atoms with van der Waals surface area (Å²) in [6.45, 7) is 2.71. The maximum absolute atomic E-state index is 11.1. The normalized spacial score (nSPS) is 26.4. The molecule has 1 amide bonds. The van der Waals surface area contributed by atoms with Crippen molar-refractivity contribution in [3.63, 3.8) is 0 Å². The molecular weight excluding hydrogens is 142 g/mol. The second kappa shape index (κ2) is 3.72. The van der Waals surface area contributed by atoms with Crippen LogP contribution in [0.4, 0.5) is 0 Å². The van der Waals surface area contributed by atoms with Crippen LogP contribution in [0.1, 0.15) is 26.2 Å². The summed E-state index contributed by atoms with van der Waals surface area (Å²) < 4.78 is 0. The Morgan fingerprint density at radius 2 is 2.18 bits per heavy atom. The minimum Gasteiger partial charge on any atom is -0.340 e. The van der Waals surface area contributed by atoms with Gasteiger partial charge in [-0.05, 0) is 19.3 Å². The van der Waals surface area contributed by atoms with Gasteiger partial charge in [0, 0.05) is 20.0 Å². The van der Waals surface area contributed by atoms with Gasteiger partial charge in [0.15, 0.2) is 0 Å². The van der Waals surface area contributed by atoms with E-state index in [1.165, 1.54) is 6.92 Å².